The van der Waals surface area contributed by atoms with Crippen molar-refractivity contribution in [3.05, 3.63) is 87.7 Å². The van der Waals surface area contributed by atoms with Gasteiger partial charge in [0.05, 0.1) is 11.1 Å². The van der Waals surface area contributed by atoms with Crippen molar-refractivity contribution < 1.29 is 0 Å². The van der Waals surface area contributed by atoms with Crippen molar-refractivity contribution in [1.29, 1.82) is 0 Å². The maximum absolute atomic E-state index is 12.6. The average molecular weight is 408 g/mol. The predicted octanol–water partition coefficient (Wildman–Crippen LogP) is 5.40. The molecule has 2 heterocycles. The molecule has 0 spiro atoms. The summed E-state index contributed by atoms with van der Waals surface area (Å²) >= 11 is 7.42. The molecule has 0 unspecified atom stereocenters. The van der Waals surface area contributed by atoms with Crippen molar-refractivity contribution in [3.8, 4) is 11.3 Å². The van der Waals surface area contributed by atoms with E-state index in [1.54, 1.807) is 0 Å². The zero-order valence-corrected chi connectivity index (χ0v) is 16.9. The summed E-state index contributed by atoms with van der Waals surface area (Å²) in [5.74, 6) is 0. The Labute approximate surface area is 172 Å². The van der Waals surface area contributed by atoms with Crippen LogP contribution in [0.5, 0.6) is 0 Å². The number of nitrogens with zero attached hydrogens (tertiary/aromatic N) is 3. The molecule has 4 nitrogen and oxygen atoms in total. The number of aromatic nitrogens is 2. The number of anilines is 1. The van der Waals surface area contributed by atoms with Gasteiger partial charge in [-0.15, -0.1) is 0 Å². The summed E-state index contributed by atoms with van der Waals surface area (Å²) in [5, 5.41) is 1.93. The molecule has 140 valence electrons. The molecule has 0 radical (unpaired) electrons. The molecule has 0 bridgehead atoms. The van der Waals surface area contributed by atoms with Gasteiger partial charge in [-0.05, 0) is 36.8 Å². The van der Waals surface area contributed by atoms with Crippen LogP contribution >= 0.6 is 22.9 Å². The van der Waals surface area contributed by atoms with E-state index in [2.05, 4.69) is 9.88 Å². The Kier molecular flexibility index (Phi) is 5.37. The van der Waals surface area contributed by atoms with Gasteiger partial charge >= 0.3 is 0 Å². The first-order valence-corrected chi connectivity index (χ1v) is 10.2. The number of rotatable bonds is 5. The van der Waals surface area contributed by atoms with E-state index in [0.717, 1.165) is 23.4 Å². The molecule has 2 aromatic carbocycles. The summed E-state index contributed by atoms with van der Waals surface area (Å²) in [6.45, 7) is 3.43. The Morgan fingerprint density at radius 3 is 2.43 bits per heavy atom. The highest BCUT2D eigenvalue weighted by Gasteiger charge is 2.13. The Morgan fingerprint density at radius 2 is 1.71 bits per heavy atom. The summed E-state index contributed by atoms with van der Waals surface area (Å²) in [6, 6.07) is 21.4. The van der Waals surface area contributed by atoms with Crippen LogP contribution in [0.15, 0.2) is 71.5 Å². The standard InChI is InChI=1S/C22H18ClN3OS/c1-2-26(14-15-8-10-17(23)11-9-15)22-25-20(27)18-12-13-19(24-21(18)28-22)16-6-4-3-5-7-16/h3-13H,2,14H2,1H3. The van der Waals surface area contributed by atoms with Gasteiger partial charge in [-0.25, -0.2) is 4.98 Å². The van der Waals surface area contributed by atoms with Gasteiger partial charge in [-0.1, -0.05) is 65.4 Å². The quantitative estimate of drug-likeness (QED) is 0.444. The Balaban J connectivity index is 1.73. The molecule has 6 heteroatoms. The predicted molar refractivity (Wildman–Crippen MR) is 117 cm³/mol. The van der Waals surface area contributed by atoms with Gasteiger partial charge in [-0.2, -0.15) is 4.98 Å². The number of benzene rings is 2. The van der Waals surface area contributed by atoms with Crippen LogP contribution in [-0.2, 0) is 6.54 Å². The summed E-state index contributed by atoms with van der Waals surface area (Å²) in [6.07, 6.45) is 0. The van der Waals surface area contributed by atoms with Crippen molar-refractivity contribution in [2.45, 2.75) is 13.5 Å². The van der Waals surface area contributed by atoms with E-state index in [0.29, 0.717) is 26.9 Å². The molecule has 2 aromatic heterocycles. The zero-order chi connectivity index (χ0) is 19.5. The van der Waals surface area contributed by atoms with Crippen LogP contribution in [0, 0.1) is 0 Å². The average Bonchev–Trinajstić information content (AvgIpc) is 2.73. The lowest BCUT2D eigenvalue weighted by Gasteiger charge is -2.21. The molecule has 0 atom stereocenters. The number of fused-ring (bicyclic) bond motifs is 1. The van der Waals surface area contributed by atoms with Gasteiger partial charge in [0.25, 0.3) is 5.56 Å². The third-order valence-corrected chi connectivity index (χ3v) is 5.77. The lowest BCUT2D eigenvalue weighted by molar-refractivity contribution is 0.823. The first-order chi connectivity index (χ1) is 13.6. The Hall–Kier alpha value is -2.76. The normalized spacial score (nSPS) is 10.9. The fourth-order valence-electron chi connectivity index (χ4n) is 2.97. The number of halogens is 1. The van der Waals surface area contributed by atoms with E-state index < -0.39 is 0 Å². The molecule has 4 aromatic rings. The molecule has 0 saturated carbocycles. The van der Waals surface area contributed by atoms with E-state index in [4.69, 9.17) is 16.6 Å². The van der Waals surface area contributed by atoms with E-state index >= 15 is 0 Å². The second-order valence-electron chi connectivity index (χ2n) is 6.36. The molecule has 0 aliphatic carbocycles. The first-order valence-electron chi connectivity index (χ1n) is 9.01. The first kappa shape index (κ1) is 18.6. The van der Waals surface area contributed by atoms with Gasteiger partial charge < -0.3 is 4.90 Å². The van der Waals surface area contributed by atoms with E-state index in [-0.39, 0.29) is 5.56 Å². The molecule has 0 aliphatic rings. The third kappa shape index (κ3) is 3.91. The monoisotopic (exact) mass is 407 g/mol. The highest BCUT2D eigenvalue weighted by Crippen LogP contribution is 2.27. The van der Waals surface area contributed by atoms with Crippen LogP contribution in [0.1, 0.15) is 12.5 Å². The van der Waals surface area contributed by atoms with Crippen LogP contribution in [0.25, 0.3) is 21.5 Å². The minimum atomic E-state index is -0.245. The SMILES string of the molecule is CCN(Cc1ccc(Cl)cc1)c1nc(=O)c2ccc(-c3ccccc3)nc2s1. The van der Waals surface area contributed by atoms with Gasteiger partial charge in [0, 0.05) is 23.7 Å². The van der Waals surface area contributed by atoms with Crippen molar-refractivity contribution in [1.82, 2.24) is 9.97 Å². The minimum absolute atomic E-state index is 0.245. The van der Waals surface area contributed by atoms with Crippen LogP contribution in [0.3, 0.4) is 0 Å². The molecule has 0 amide bonds. The molecule has 28 heavy (non-hydrogen) atoms. The second-order valence-corrected chi connectivity index (χ2v) is 7.75. The number of hydrogen-bond acceptors (Lipinski definition) is 5. The lowest BCUT2D eigenvalue weighted by atomic mass is 10.1. The molecule has 0 N–H and O–H groups in total. The van der Waals surface area contributed by atoms with Crippen molar-refractivity contribution in [2.75, 3.05) is 11.4 Å². The molecular weight excluding hydrogens is 390 g/mol. The van der Waals surface area contributed by atoms with Gasteiger partial charge in [0.2, 0.25) is 0 Å². The summed E-state index contributed by atoms with van der Waals surface area (Å²) in [5.41, 5.74) is 2.74. The Morgan fingerprint density at radius 1 is 0.964 bits per heavy atom. The topological polar surface area (TPSA) is 46.1 Å². The summed E-state index contributed by atoms with van der Waals surface area (Å²) in [7, 11) is 0. The fraction of sp³-hybridized carbons (Fsp3) is 0.136. The number of hydrogen-bond donors (Lipinski definition) is 0. The summed E-state index contributed by atoms with van der Waals surface area (Å²) < 4.78 is 0. The van der Waals surface area contributed by atoms with E-state index in [9.17, 15) is 4.79 Å². The molecule has 0 aliphatic heterocycles. The molecule has 0 saturated heterocycles. The fourth-order valence-corrected chi connectivity index (χ4v) is 4.13. The maximum atomic E-state index is 12.6. The largest absolute Gasteiger partial charge is 0.344 e. The van der Waals surface area contributed by atoms with Crippen molar-refractivity contribution in [3.63, 3.8) is 0 Å². The van der Waals surface area contributed by atoms with Crippen molar-refractivity contribution >= 4 is 38.3 Å². The van der Waals surface area contributed by atoms with Crippen LogP contribution in [0.2, 0.25) is 5.02 Å². The molecule has 4 rings (SSSR count). The Bertz CT molecular complexity index is 1160. The maximum Gasteiger partial charge on any atom is 0.282 e. The van der Waals surface area contributed by atoms with Crippen LogP contribution < -0.4 is 10.5 Å². The molecule has 0 fully saturated rings. The summed E-state index contributed by atoms with van der Waals surface area (Å²) in [4.78, 5) is 24.4. The highest BCUT2D eigenvalue weighted by atomic mass is 35.5. The third-order valence-electron chi connectivity index (χ3n) is 4.48. The van der Waals surface area contributed by atoms with E-state index in [1.165, 1.54) is 11.3 Å². The molecular formula is C22H18ClN3OS. The van der Waals surface area contributed by atoms with Gasteiger partial charge in [0.15, 0.2) is 5.13 Å². The van der Waals surface area contributed by atoms with Crippen LogP contribution in [-0.4, -0.2) is 16.5 Å². The van der Waals surface area contributed by atoms with Gasteiger partial charge in [0.1, 0.15) is 4.83 Å². The van der Waals surface area contributed by atoms with E-state index in [1.807, 2.05) is 73.7 Å². The lowest BCUT2D eigenvalue weighted by Crippen LogP contribution is -2.24. The number of pyridine rings is 1. The highest BCUT2D eigenvalue weighted by molar-refractivity contribution is 7.21. The van der Waals surface area contributed by atoms with Gasteiger partial charge in [-0.3, -0.25) is 4.79 Å². The minimum Gasteiger partial charge on any atom is -0.344 e. The second kappa shape index (κ2) is 8.09. The zero-order valence-electron chi connectivity index (χ0n) is 15.3. The van der Waals surface area contributed by atoms with Crippen LogP contribution in [0.4, 0.5) is 5.13 Å². The smallest absolute Gasteiger partial charge is 0.282 e. The van der Waals surface area contributed by atoms with Crippen molar-refractivity contribution in [2.24, 2.45) is 0 Å².